The molecule has 3 heterocycles. The molecule has 7 nitrogen and oxygen atoms in total. The Morgan fingerprint density at radius 2 is 2.14 bits per heavy atom. The van der Waals surface area contributed by atoms with Gasteiger partial charge in [-0.2, -0.15) is 4.52 Å². The molecular formula is C20H27N5O2S. The van der Waals surface area contributed by atoms with Gasteiger partial charge in [0.2, 0.25) is 16.0 Å². The van der Waals surface area contributed by atoms with Crippen LogP contribution in [0.2, 0.25) is 0 Å². The zero-order valence-electron chi connectivity index (χ0n) is 16.3. The molecule has 0 aromatic carbocycles. The van der Waals surface area contributed by atoms with Crippen molar-refractivity contribution in [2.24, 2.45) is 5.92 Å². The summed E-state index contributed by atoms with van der Waals surface area (Å²) in [5, 5.41) is 8.35. The highest BCUT2D eigenvalue weighted by atomic mass is 32.1. The minimum atomic E-state index is -0.146. The average molecular weight is 402 g/mol. The van der Waals surface area contributed by atoms with Crippen LogP contribution >= 0.6 is 11.3 Å². The van der Waals surface area contributed by atoms with Crippen molar-refractivity contribution >= 4 is 27.3 Å². The third-order valence-corrected chi connectivity index (χ3v) is 6.60. The van der Waals surface area contributed by atoms with Crippen molar-refractivity contribution in [3.8, 4) is 0 Å². The highest BCUT2D eigenvalue weighted by Crippen LogP contribution is 2.27. The van der Waals surface area contributed by atoms with E-state index in [9.17, 15) is 9.59 Å². The first-order valence-corrected chi connectivity index (χ1v) is 11.0. The Bertz CT molecular complexity index is 940. The Labute approximate surface area is 168 Å². The van der Waals surface area contributed by atoms with E-state index < -0.39 is 0 Å². The van der Waals surface area contributed by atoms with E-state index in [2.05, 4.69) is 26.4 Å². The van der Waals surface area contributed by atoms with E-state index in [0.29, 0.717) is 10.7 Å². The molecule has 1 aliphatic heterocycles. The molecule has 2 aromatic heterocycles. The maximum atomic E-state index is 12.5. The topological polar surface area (TPSA) is 79.6 Å². The fraction of sp³-hybridized carbons (Fsp3) is 0.600. The van der Waals surface area contributed by atoms with Crippen molar-refractivity contribution in [1.29, 1.82) is 0 Å². The minimum absolute atomic E-state index is 0.0639. The summed E-state index contributed by atoms with van der Waals surface area (Å²) in [5.41, 5.74) is 2.06. The standard InChI is InChI=1S/C20H27N5O2S/c1-14-13-17(26)25-19(22-14)28-20(23-25)24-11-8-16(9-12-24)18(27)21-10-7-15-5-3-2-4-6-15/h5,13,16H,2-4,6-12H2,1H3,(H,21,27). The van der Waals surface area contributed by atoms with E-state index in [1.807, 2.05) is 6.92 Å². The van der Waals surface area contributed by atoms with Crippen LogP contribution in [0.4, 0.5) is 5.13 Å². The van der Waals surface area contributed by atoms with Crippen molar-refractivity contribution in [1.82, 2.24) is 19.9 Å². The summed E-state index contributed by atoms with van der Waals surface area (Å²) >= 11 is 1.43. The molecule has 28 heavy (non-hydrogen) atoms. The largest absolute Gasteiger partial charge is 0.356 e. The zero-order valence-corrected chi connectivity index (χ0v) is 17.1. The van der Waals surface area contributed by atoms with Crippen LogP contribution in [0.25, 0.3) is 4.96 Å². The molecule has 4 rings (SSSR count). The second kappa shape index (κ2) is 8.43. The van der Waals surface area contributed by atoms with E-state index >= 15 is 0 Å². The summed E-state index contributed by atoms with van der Waals surface area (Å²) < 4.78 is 1.37. The molecule has 0 bridgehead atoms. The molecule has 0 unspecified atom stereocenters. The SMILES string of the molecule is Cc1cc(=O)n2nc(N3CCC(C(=O)NCCC4=CCCCC4)CC3)sc2n1. The Morgan fingerprint density at radius 1 is 1.32 bits per heavy atom. The van der Waals surface area contributed by atoms with Gasteiger partial charge in [0.15, 0.2) is 0 Å². The van der Waals surface area contributed by atoms with Crippen LogP contribution in [0.1, 0.15) is 50.6 Å². The first-order chi connectivity index (χ1) is 13.6. The van der Waals surface area contributed by atoms with Crippen LogP contribution in [0.15, 0.2) is 22.5 Å². The van der Waals surface area contributed by atoms with E-state index in [4.69, 9.17) is 0 Å². The first-order valence-electron chi connectivity index (χ1n) is 10.2. The van der Waals surface area contributed by atoms with E-state index in [1.165, 1.54) is 53.2 Å². The summed E-state index contributed by atoms with van der Waals surface area (Å²) in [6.07, 6.45) is 9.91. The van der Waals surface area contributed by atoms with Crippen molar-refractivity contribution in [2.45, 2.75) is 51.9 Å². The number of carbonyl (C=O) groups excluding carboxylic acids is 1. The summed E-state index contributed by atoms with van der Waals surface area (Å²) in [7, 11) is 0. The Morgan fingerprint density at radius 3 is 2.89 bits per heavy atom. The van der Waals surface area contributed by atoms with Gasteiger partial charge in [-0.1, -0.05) is 23.0 Å². The van der Waals surface area contributed by atoms with E-state index in [0.717, 1.165) is 44.0 Å². The van der Waals surface area contributed by atoms with Crippen molar-refractivity contribution in [2.75, 3.05) is 24.5 Å². The van der Waals surface area contributed by atoms with Gasteiger partial charge in [0.1, 0.15) is 0 Å². The number of rotatable bonds is 5. The predicted molar refractivity (Wildman–Crippen MR) is 111 cm³/mol. The predicted octanol–water partition coefficient (Wildman–Crippen LogP) is 2.68. The second-order valence-corrected chi connectivity index (χ2v) is 8.66. The van der Waals surface area contributed by atoms with Gasteiger partial charge < -0.3 is 10.2 Å². The number of anilines is 1. The summed E-state index contributed by atoms with van der Waals surface area (Å²) in [6, 6.07) is 1.50. The van der Waals surface area contributed by atoms with Gasteiger partial charge in [-0.15, -0.1) is 5.10 Å². The van der Waals surface area contributed by atoms with Crippen LogP contribution in [0, 0.1) is 12.8 Å². The van der Waals surface area contributed by atoms with Crippen LogP contribution < -0.4 is 15.8 Å². The highest BCUT2D eigenvalue weighted by Gasteiger charge is 2.26. The lowest BCUT2D eigenvalue weighted by Gasteiger charge is -2.30. The van der Waals surface area contributed by atoms with Crippen LogP contribution in [-0.2, 0) is 4.79 Å². The molecule has 2 aliphatic rings. The molecule has 1 amide bonds. The number of allylic oxidation sites excluding steroid dienone is 1. The summed E-state index contributed by atoms with van der Waals surface area (Å²) in [5.74, 6) is 0.239. The number of hydrogen-bond donors (Lipinski definition) is 1. The van der Waals surface area contributed by atoms with Crippen molar-refractivity contribution in [3.63, 3.8) is 0 Å². The average Bonchev–Trinajstić information content (AvgIpc) is 3.13. The Hall–Kier alpha value is -2.22. The fourth-order valence-corrected chi connectivity index (χ4v) is 5.00. The van der Waals surface area contributed by atoms with E-state index in [-0.39, 0.29) is 17.4 Å². The minimum Gasteiger partial charge on any atom is -0.356 e. The number of nitrogens with zero attached hydrogens (tertiary/aromatic N) is 4. The molecule has 0 radical (unpaired) electrons. The third kappa shape index (κ3) is 4.27. The zero-order chi connectivity index (χ0) is 19.5. The number of aromatic nitrogens is 3. The van der Waals surface area contributed by atoms with Gasteiger partial charge in [-0.3, -0.25) is 9.59 Å². The van der Waals surface area contributed by atoms with Gasteiger partial charge in [0.05, 0.1) is 0 Å². The molecule has 0 saturated carbocycles. The van der Waals surface area contributed by atoms with Crippen LogP contribution in [0.5, 0.6) is 0 Å². The number of fused-ring (bicyclic) bond motifs is 1. The molecule has 0 spiro atoms. The van der Waals surface area contributed by atoms with Gasteiger partial charge in [-0.05, 0) is 51.9 Å². The maximum absolute atomic E-state index is 12.5. The van der Waals surface area contributed by atoms with Gasteiger partial charge >= 0.3 is 0 Å². The number of aryl methyl sites for hydroxylation is 1. The maximum Gasteiger partial charge on any atom is 0.275 e. The molecule has 150 valence electrons. The number of carbonyl (C=O) groups is 1. The number of piperidine rings is 1. The number of hydrogen-bond acceptors (Lipinski definition) is 6. The Balaban J connectivity index is 1.29. The van der Waals surface area contributed by atoms with Crippen molar-refractivity contribution < 1.29 is 4.79 Å². The lowest BCUT2D eigenvalue weighted by atomic mass is 9.95. The molecular weight excluding hydrogens is 374 g/mol. The normalized spacial score (nSPS) is 18.3. The quantitative estimate of drug-likeness (QED) is 0.779. The first kappa shape index (κ1) is 19.1. The molecule has 8 heteroatoms. The smallest absolute Gasteiger partial charge is 0.275 e. The molecule has 1 fully saturated rings. The van der Waals surface area contributed by atoms with Crippen LogP contribution in [-0.4, -0.2) is 40.1 Å². The lowest BCUT2D eigenvalue weighted by molar-refractivity contribution is -0.125. The van der Waals surface area contributed by atoms with Crippen molar-refractivity contribution in [3.05, 3.63) is 33.8 Å². The van der Waals surface area contributed by atoms with Gasteiger partial charge in [-0.25, -0.2) is 4.98 Å². The van der Waals surface area contributed by atoms with Gasteiger partial charge in [0.25, 0.3) is 5.56 Å². The van der Waals surface area contributed by atoms with E-state index in [1.54, 1.807) is 0 Å². The number of amides is 1. The third-order valence-electron chi connectivity index (χ3n) is 5.63. The Kier molecular flexibility index (Phi) is 5.75. The molecule has 2 aromatic rings. The molecule has 1 saturated heterocycles. The molecule has 1 aliphatic carbocycles. The number of nitrogens with one attached hydrogen (secondary N) is 1. The monoisotopic (exact) mass is 401 g/mol. The lowest BCUT2D eigenvalue weighted by Crippen LogP contribution is -2.41. The summed E-state index contributed by atoms with van der Waals surface area (Å²) in [4.78, 5) is 31.7. The van der Waals surface area contributed by atoms with Gasteiger partial charge in [0, 0.05) is 37.3 Å². The highest BCUT2D eigenvalue weighted by molar-refractivity contribution is 7.20. The molecule has 0 atom stereocenters. The van der Waals surface area contributed by atoms with Crippen LogP contribution in [0.3, 0.4) is 0 Å². The second-order valence-electron chi connectivity index (χ2n) is 7.73. The summed E-state index contributed by atoms with van der Waals surface area (Å²) in [6.45, 7) is 4.11. The molecule has 1 N–H and O–H groups in total. The fourth-order valence-electron chi connectivity index (χ4n) is 3.99.